The number of rotatable bonds is 14. The van der Waals surface area contributed by atoms with Gasteiger partial charge in [0.05, 0.1) is 19.3 Å². The summed E-state index contributed by atoms with van der Waals surface area (Å²) in [5, 5.41) is 12.8. The summed E-state index contributed by atoms with van der Waals surface area (Å²) in [6, 6.07) is 0. The lowest BCUT2D eigenvalue weighted by Crippen LogP contribution is -2.31. The summed E-state index contributed by atoms with van der Waals surface area (Å²) in [5.74, 6) is -0.162. The zero-order valence-electron chi connectivity index (χ0n) is 13.0. The predicted molar refractivity (Wildman–Crippen MR) is 79.7 cm³/mol. The maximum Gasteiger partial charge on any atom is 0.305 e. The van der Waals surface area contributed by atoms with E-state index in [1.807, 2.05) is 0 Å². The molecule has 0 heterocycles. The van der Waals surface area contributed by atoms with Crippen LogP contribution < -0.4 is 5.32 Å². The van der Waals surface area contributed by atoms with Gasteiger partial charge in [0.2, 0.25) is 0 Å². The van der Waals surface area contributed by atoms with Crippen LogP contribution in [-0.4, -0.2) is 50.1 Å². The summed E-state index contributed by atoms with van der Waals surface area (Å²) < 4.78 is 10.2. The molecule has 0 rings (SSSR count). The fourth-order valence-electron chi connectivity index (χ4n) is 1.77. The van der Waals surface area contributed by atoms with Crippen molar-refractivity contribution in [1.29, 1.82) is 0 Å². The van der Waals surface area contributed by atoms with Crippen molar-refractivity contribution in [1.82, 2.24) is 5.32 Å². The van der Waals surface area contributed by atoms with Gasteiger partial charge in [-0.25, -0.2) is 0 Å². The van der Waals surface area contributed by atoms with Crippen molar-refractivity contribution in [3.05, 3.63) is 0 Å². The number of hydrogen-bond donors (Lipinski definition) is 2. The molecule has 0 aliphatic carbocycles. The van der Waals surface area contributed by atoms with Crippen LogP contribution in [0.5, 0.6) is 0 Å². The van der Waals surface area contributed by atoms with Gasteiger partial charge in [-0.05, 0) is 26.3 Å². The van der Waals surface area contributed by atoms with Gasteiger partial charge >= 0.3 is 5.97 Å². The molecule has 1 atom stereocenters. The molecule has 0 radical (unpaired) electrons. The number of carbonyl (C=O) groups excluding carboxylic acids is 1. The highest BCUT2D eigenvalue weighted by Gasteiger charge is 2.04. The number of ether oxygens (including phenoxy) is 2. The second-order valence-corrected chi connectivity index (χ2v) is 4.90. The molecule has 0 aromatic heterocycles. The van der Waals surface area contributed by atoms with E-state index in [4.69, 9.17) is 9.47 Å². The fourth-order valence-corrected chi connectivity index (χ4v) is 1.77. The molecule has 0 saturated carbocycles. The van der Waals surface area contributed by atoms with E-state index in [-0.39, 0.29) is 5.97 Å². The van der Waals surface area contributed by atoms with Gasteiger partial charge in [0.15, 0.2) is 0 Å². The first-order valence-corrected chi connectivity index (χ1v) is 7.82. The minimum atomic E-state index is -0.483. The first-order valence-electron chi connectivity index (χ1n) is 7.82. The zero-order valence-corrected chi connectivity index (χ0v) is 13.0. The van der Waals surface area contributed by atoms with Gasteiger partial charge in [-0.2, -0.15) is 0 Å². The fraction of sp³-hybridized carbons (Fsp3) is 0.933. The molecule has 0 aliphatic rings. The number of carbonyl (C=O) groups is 1. The van der Waals surface area contributed by atoms with Crippen LogP contribution in [0.2, 0.25) is 0 Å². The van der Waals surface area contributed by atoms with Gasteiger partial charge in [-0.15, -0.1) is 0 Å². The second-order valence-electron chi connectivity index (χ2n) is 4.90. The minimum absolute atomic E-state index is 0.162. The number of aliphatic hydroxyl groups excluding tert-OH is 1. The van der Waals surface area contributed by atoms with Crippen LogP contribution in [0.3, 0.4) is 0 Å². The minimum Gasteiger partial charge on any atom is -0.466 e. The van der Waals surface area contributed by atoms with E-state index in [0.29, 0.717) is 32.7 Å². The van der Waals surface area contributed by atoms with E-state index in [9.17, 15) is 9.90 Å². The van der Waals surface area contributed by atoms with E-state index in [1.54, 1.807) is 6.92 Å². The number of hydrogen-bond acceptors (Lipinski definition) is 5. The van der Waals surface area contributed by atoms with Crippen LogP contribution in [0.4, 0.5) is 0 Å². The Kier molecular flexibility index (Phi) is 14.3. The Bertz CT molecular complexity index is 224. The smallest absolute Gasteiger partial charge is 0.305 e. The van der Waals surface area contributed by atoms with Crippen molar-refractivity contribution >= 4 is 5.97 Å². The summed E-state index contributed by atoms with van der Waals surface area (Å²) in [5.41, 5.74) is 0. The highest BCUT2D eigenvalue weighted by atomic mass is 16.5. The lowest BCUT2D eigenvalue weighted by Gasteiger charge is -2.12. The molecule has 0 saturated heterocycles. The Balaban J connectivity index is 3.24. The Morgan fingerprint density at radius 1 is 1.20 bits per heavy atom. The first-order chi connectivity index (χ1) is 9.70. The maximum absolute atomic E-state index is 11.1. The van der Waals surface area contributed by atoms with E-state index < -0.39 is 6.10 Å². The Morgan fingerprint density at radius 2 is 2.00 bits per heavy atom. The SMILES string of the molecule is CCCCCCOCC(O)CNCCCC(=O)OCC. The molecular formula is C15H31NO4. The van der Waals surface area contributed by atoms with Crippen LogP contribution in [0.15, 0.2) is 0 Å². The molecule has 120 valence electrons. The zero-order chi connectivity index (χ0) is 15.1. The van der Waals surface area contributed by atoms with E-state index in [0.717, 1.165) is 19.4 Å². The average Bonchev–Trinajstić information content (AvgIpc) is 2.42. The number of aliphatic hydroxyl groups is 1. The summed E-state index contributed by atoms with van der Waals surface area (Å²) in [4.78, 5) is 11.1. The number of unbranched alkanes of at least 4 members (excludes halogenated alkanes) is 3. The topological polar surface area (TPSA) is 67.8 Å². The molecule has 0 aliphatic heterocycles. The van der Waals surface area contributed by atoms with Crippen LogP contribution in [0.25, 0.3) is 0 Å². The van der Waals surface area contributed by atoms with Gasteiger partial charge in [0.1, 0.15) is 0 Å². The Hall–Kier alpha value is -0.650. The highest BCUT2D eigenvalue weighted by molar-refractivity contribution is 5.69. The van der Waals surface area contributed by atoms with Crippen LogP contribution in [0, 0.1) is 0 Å². The van der Waals surface area contributed by atoms with Gasteiger partial charge in [0.25, 0.3) is 0 Å². The number of nitrogens with one attached hydrogen (secondary N) is 1. The maximum atomic E-state index is 11.1. The molecule has 5 heteroatoms. The molecule has 1 unspecified atom stereocenters. The van der Waals surface area contributed by atoms with Gasteiger partial charge in [-0.1, -0.05) is 26.2 Å². The van der Waals surface area contributed by atoms with Crippen LogP contribution in [-0.2, 0) is 14.3 Å². The molecule has 5 nitrogen and oxygen atoms in total. The van der Waals surface area contributed by atoms with Crippen molar-refractivity contribution in [2.75, 3.05) is 32.9 Å². The molecule has 2 N–H and O–H groups in total. The molecule has 0 aromatic carbocycles. The lowest BCUT2D eigenvalue weighted by atomic mass is 10.2. The molecule has 0 spiro atoms. The predicted octanol–water partition coefficient (Wildman–Crippen LogP) is 1.88. The van der Waals surface area contributed by atoms with Gasteiger partial charge < -0.3 is 19.9 Å². The summed E-state index contributed by atoms with van der Waals surface area (Å²) in [6.45, 7) is 6.70. The molecule has 0 fully saturated rings. The Morgan fingerprint density at radius 3 is 2.70 bits per heavy atom. The molecule has 0 amide bonds. The molecule has 0 bridgehead atoms. The molecule has 20 heavy (non-hydrogen) atoms. The van der Waals surface area contributed by atoms with Gasteiger partial charge in [0, 0.05) is 19.6 Å². The van der Waals surface area contributed by atoms with Gasteiger partial charge in [-0.3, -0.25) is 4.79 Å². The van der Waals surface area contributed by atoms with Crippen molar-refractivity contribution in [2.24, 2.45) is 0 Å². The largest absolute Gasteiger partial charge is 0.466 e. The summed E-state index contributed by atoms with van der Waals surface area (Å²) in [6.07, 6.45) is 5.39. The second kappa shape index (κ2) is 14.8. The third-order valence-electron chi connectivity index (χ3n) is 2.87. The standard InChI is InChI=1S/C15H31NO4/c1-3-5-6-7-11-19-13-14(17)12-16-10-8-9-15(18)20-4-2/h14,16-17H,3-13H2,1-2H3. The van der Waals surface area contributed by atoms with Crippen molar-refractivity contribution in [3.63, 3.8) is 0 Å². The molecule has 0 aromatic rings. The van der Waals surface area contributed by atoms with Crippen molar-refractivity contribution < 1.29 is 19.4 Å². The van der Waals surface area contributed by atoms with E-state index in [2.05, 4.69) is 12.2 Å². The van der Waals surface area contributed by atoms with Crippen LogP contribution >= 0.6 is 0 Å². The van der Waals surface area contributed by atoms with Crippen molar-refractivity contribution in [3.8, 4) is 0 Å². The third-order valence-corrected chi connectivity index (χ3v) is 2.87. The third kappa shape index (κ3) is 13.8. The molecular weight excluding hydrogens is 258 g/mol. The van der Waals surface area contributed by atoms with Crippen molar-refractivity contribution in [2.45, 2.75) is 58.5 Å². The number of esters is 1. The normalized spacial score (nSPS) is 12.3. The monoisotopic (exact) mass is 289 g/mol. The Labute approximate surface area is 123 Å². The van der Waals surface area contributed by atoms with E-state index >= 15 is 0 Å². The first kappa shape index (κ1) is 19.4. The quantitative estimate of drug-likeness (QED) is 0.377. The lowest BCUT2D eigenvalue weighted by molar-refractivity contribution is -0.143. The summed E-state index contributed by atoms with van der Waals surface area (Å²) in [7, 11) is 0. The van der Waals surface area contributed by atoms with E-state index in [1.165, 1.54) is 19.3 Å². The average molecular weight is 289 g/mol. The van der Waals surface area contributed by atoms with Crippen LogP contribution in [0.1, 0.15) is 52.4 Å². The highest BCUT2D eigenvalue weighted by Crippen LogP contribution is 1.99. The summed E-state index contributed by atoms with van der Waals surface area (Å²) >= 11 is 0.